The van der Waals surface area contributed by atoms with E-state index in [0.29, 0.717) is 30.0 Å². The van der Waals surface area contributed by atoms with Crippen molar-refractivity contribution in [1.29, 1.82) is 0 Å². The first kappa shape index (κ1) is 20.4. The Morgan fingerprint density at radius 1 is 1.21 bits per heavy atom. The Balaban J connectivity index is 1.53. The van der Waals surface area contributed by atoms with Crippen LogP contribution in [0.2, 0.25) is 0 Å². The maximum absolute atomic E-state index is 11.7. The highest BCUT2D eigenvalue weighted by Crippen LogP contribution is 2.28. The summed E-state index contributed by atoms with van der Waals surface area (Å²) in [6.45, 7) is 2.97. The molecule has 2 N–H and O–H groups in total. The molecule has 0 atom stereocenters. The van der Waals surface area contributed by atoms with Crippen molar-refractivity contribution < 1.29 is 8.42 Å². The monoisotopic (exact) mass is 403 g/mol. The molecule has 0 amide bonds. The fraction of sp³-hybridized carbons (Fsp3) is 0.500. The zero-order valence-corrected chi connectivity index (χ0v) is 17.6. The molecular weight excluding hydrogens is 374 g/mol. The zero-order chi connectivity index (χ0) is 20.1. The van der Waals surface area contributed by atoms with Crippen molar-refractivity contribution in [3.8, 4) is 0 Å². The largest absolute Gasteiger partial charge is 0.352 e. The fourth-order valence-corrected chi connectivity index (χ4v) is 4.62. The van der Waals surface area contributed by atoms with E-state index in [1.807, 2.05) is 25.1 Å². The van der Waals surface area contributed by atoms with Crippen LogP contribution in [0.4, 0.5) is 0 Å². The minimum Gasteiger partial charge on any atom is -0.352 e. The standard InChI is InChI=1S/C20H29N5O2S/c1-15-12-16(8-9-19(15)28(3,26)27)13-22-20(21-2)23-14-17-10-11-25(24-17)18-6-4-5-7-18/h8-12,18H,4-7,13-14H2,1-3H3,(H2,21,22,23). The van der Waals surface area contributed by atoms with Gasteiger partial charge in [0.25, 0.3) is 0 Å². The average molecular weight is 404 g/mol. The molecule has 1 saturated carbocycles. The summed E-state index contributed by atoms with van der Waals surface area (Å²) in [4.78, 5) is 4.62. The summed E-state index contributed by atoms with van der Waals surface area (Å²) in [5.41, 5.74) is 2.74. The van der Waals surface area contributed by atoms with Crippen molar-refractivity contribution in [3.63, 3.8) is 0 Å². The molecule has 0 radical (unpaired) electrons. The average Bonchev–Trinajstić information content (AvgIpc) is 3.32. The number of aromatic nitrogens is 2. The van der Waals surface area contributed by atoms with Gasteiger partial charge >= 0.3 is 0 Å². The summed E-state index contributed by atoms with van der Waals surface area (Å²) in [6.07, 6.45) is 8.31. The Labute approximate surface area is 167 Å². The number of aliphatic imine (C=N–C) groups is 1. The summed E-state index contributed by atoms with van der Waals surface area (Å²) >= 11 is 0. The van der Waals surface area contributed by atoms with E-state index >= 15 is 0 Å². The van der Waals surface area contributed by atoms with Crippen LogP contribution in [0.1, 0.15) is 48.5 Å². The molecule has 7 nitrogen and oxygen atoms in total. The second-order valence-corrected chi connectivity index (χ2v) is 9.36. The molecule has 0 unspecified atom stereocenters. The Morgan fingerprint density at radius 3 is 2.57 bits per heavy atom. The van der Waals surface area contributed by atoms with Gasteiger partial charge in [-0.1, -0.05) is 25.0 Å². The van der Waals surface area contributed by atoms with Crippen molar-refractivity contribution >= 4 is 15.8 Å². The SMILES string of the molecule is CN=C(NCc1ccc(S(C)(=O)=O)c(C)c1)NCc1ccn(C2CCCC2)n1. The van der Waals surface area contributed by atoms with Gasteiger partial charge in [0.2, 0.25) is 0 Å². The van der Waals surface area contributed by atoms with Crippen LogP contribution >= 0.6 is 0 Å². The number of hydrogen-bond acceptors (Lipinski definition) is 4. The number of rotatable bonds is 6. The minimum atomic E-state index is -3.20. The van der Waals surface area contributed by atoms with Gasteiger partial charge in [0, 0.05) is 26.0 Å². The van der Waals surface area contributed by atoms with E-state index in [-0.39, 0.29) is 0 Å². The summed E-state index contributed by atoms with van der Waals surface area (Å²) in [5.74, 6) is 0.681. The van der Waals surface area contributed by atoms with Gasteiger partial charge in [-0.15, -0.1) is 0 Å². The number of sulfone groups is 1. The van der Waals surface area contributed by atoms with Gasteiger partial charge in [0.1, 0.15) is 0 Å². The van der Waals surface area contributed by atoms with Gasteiger partial charge in [-0.2, -0.15) is 5.10 Å². The van der Waals surface area contributed by atoms with Gasteiger partial charge in [0.05, 0.1) is 23.2 Å². The van der Waals surface area contributed by atoms with Crippen LogP contribution in [0, 0.1) is 6.92 Å². The second kappa shape index (κ2) is 8.77. The lowest BCUT2D eigenvalue weighted by Crippen LogP contribution is -2.36. The third-order valence-corrected chi connectivity index (χ3v) is 6.38. The maximum Gasteiger partial charge on any atom is 0.191 e. The quantitative estimate of drug-likeness (QED) is 0.572. The molecule has 0 spiro atoms. The van der Waals surface area contributed by atoms with Gasteiger partial charge in [-0.3, -0.25) is 9.67 Å². The predicted octanol–water partition coefficient (Wildman–Crippen LogP) is 2.58. The van der Waals surface area contributed by atoms with E-state index in [9.17, 15) is 8.42 Å². The van der Waals surface area contributed by atoms with Crippen molar-refractivity contribution in [3.05, 3.63) is 47.3 Å². The van der Waals surface area contributed by atoms with E-state index in [0.717, 1.165) is 16.8 Å². The smallest absolute Gasteiger partial charge is 0.191 e. The number of benzene rings is 1. The van der Waals surface area contributed by atoms with Crippen LogP contribution in [-0.4, -0.2) is 37.5 Å². The second-order valence-electron chi connectivity index (χ2n) is 7.38. The Kier molecular flexibility index (Phi) is 6.39. The molecule has 1 aromatic carbocycles. The highest BCUT2D eigenvalue weighted by atomic mass is 32.2. The molecule has 0 aliphatic heterocycles. The highest BCUT2D eigenvalue weighted by Gasteiger charge is 2.17. The number of aryl methyl sites for hydroxylation is 1. The topological polar surface area (TPSA) is 88.4 Å². The van der Waals surface area contributed by atoms with Gasteiger partial charge in [-0.05, 0) is 43.0 Å². The van der Waals surface area contributed by atoms with Crippen LogP contribution in [0.25, 0.3) is 0 Å². The van der Waals surface area contributed by atoms with Crippen molar-refractivity contribution in [2.75, 3.05) is 13.3 Å². The summed E-state index contributed by atoms with van der Waals surface area (Å²) in [5, 5.41) is 11.2. The van der Waals surface area contributed by atoms with Crippen LogP contribution in [-0.2, 0) is 22.9 Å². The lowest BCUT2D eigenvalue weighted by Gasteiger charge is -2.13. The molecule has 0 saturated heterocycles. The molecule has 8 heteroatoms. The number of hydrogen-bond donors (Lipinski definition) is 2. The van der Waals surface area contributed by atoms with Crippen molar-refractivity contribution in [2.24, 2.45) is 4.99 Å². The summed E-state index contributed by atoms with van der Waals surface area (Å²) in [6, 6.07) is 7.97. The molecule has 152 valence electrons. The van der Waals surface area contributed by atoms with E-state index in [1.165, 1.54) is 31.9 Å². The van der Waals surface area contributed by atoms with Gasteiger partial charge < -0.3 is 10.6 Å². The molecule has 1 heterocycles. The Hall–Kier alpha value is -2.35. The zero-order valence-electron chi connectivity index (χ0n) is 16.8. The number of nitrogens with one attached hydrogen (secondary N) is 2. The first-order chi connectivity index (χ1) is 13.4. The molecule has 3 rings (SSSR count). The van der Waals surface area contributed by atoms with E-state index in [2.05, 4.69) is 31.6 Å². The van der Waals surface area contributed by atoms with Crippen LogP contribution in [0.5, 0.6) is 0 Å². The molecule has 2 aromatic rings. The normalized spacial score (nSPS) is 15.8. The van der Waals surface area contributed by atoms with Crippen LogP contribution < -0.4 is 10.6 Å². The lowest BCUT2D eigenvalue weighted by atomic mass is 10.1. The predicted molar refractivity (Wildman–Crippen MR) is 111 cm³/mol. The van der Waals surface area contributed by atoms with Crippen LogP contribution in [0.3, 0.4) is 0 Å². The van der Waals surface area contributed by atoms with Crippen molar-refractivity contribution in [1.82, 2.24) is 20.4 Å². The molecule has 1 fully saturated rings. The molecule has 28 heavy (non-hydrogen) atoms. The number of guanidine groups is 1. The fourth-order valence-electron chi connectivity index (χ4n) is 3.66. The number of nitrogens with zero attached hydrogens (tertiary/aromatic N) is 3. The first-order valence-corrected chi connectivity index (χ1v) is 11.5. The lowest BCUT2D eigenvalue weighted by molar-refractivity contribution is 0.462. The molecule has 0 bridgehead atoms. The van der Waals surface area contributed by atoms with E-state index in [1.54, 1.807) is 13.1 Å². The Morgan fingerprint density at radius 2 is 1.93 bits per heavy atom. The van der Waals surface area contributed by atoms with Gasteiger partial charge in [0.15, 0.2) is 15.8 Å². The highest BCUT2D eigenvalue weighted by molar-refractivity contribution is 7.90. The minimum absolute atomic E-state index is 0.372. The van der Waals surface area contributed by atoms with E-state index in [4.69, 9.17) is 0 Å². The molecular formula is C20H29N5O2S. The molecule has 1 aliphatic rings. The summed E-state index contributed by atoms with van der Waals surface area (Å²) < 4.78 is 25.6. The summed E-state index contributed by atoms with van der Waals surface area (Å²) in [7, 11) is -1.47. The molecule has 1 aromatic heterocycles. The molecule has 1 aliphatic carbocycles. The third-order valence-electron chi connectivity index (χ3n) is 5.12. The third kappa shape index (κ3) is 5.13. The Bertz CT molecular complexity index is 943. The first-order valence-electron chi connectivity index (χ1n) is 9.65. The van der Waals surface area contributed by atoms with Crippen molar-refractivity contribution in [2.45, 2.75) is 56.6 Å². The maximum atomic E-state index is 11.7. The van der Waals surface area contributed by atoms with E-state index < -0.39 is 9.84 Å². The van der Waals surface area contributed by atoms with Gasteiger partial charge in [-0.25, -0.2) is 8.42 Å². The van der Waals surface area contributed by atoms with Crippen LogP contribution in [0.15, 0.2) is 40.4 Å².